The molecule has 0 saturated carbocycles. The molecule has 3 aromatic carbocycles. The minimum absolute atomic E-state index is 0.124. The quantitative estimate of drug-likeness (QED) is 0.0689. The third kappa shape index (κ3) is 10.3. The van der Waals surface area contributed by atoms with Gasteiger partial charge in [-0.3, -0.25) is 9.59 Å². The minimum Gasteiger partial charge on any atom is -0.469 e. The highest BCUT2D eigenvalue weighted by Crippen LogP contribution is 2.33. The van der Waals surface area contributed by atoms with Crippen LogP contribution in [0.4, 0.5) is 11.4 Å². The first-order valence-electron chi connectivity index (χ1n) is 14.0. The maximum atomic E-state index is 11.9. The fourth-order valence-electron chi connectivity index (χ4n) is 4.09. The van der Waals surface area contributed by atoms with E-state index in [1.165, 1.54) is 6.92 Å². The summed E-state index contributed by atoms with van der Waals surface area (Å²) in [7, 11) is 0. The second-order valence-corrected chi connectivity index (χ2v) is 12.9. The van der Waals surface area contributed by atoms with Gasteiger partial charge in [-0.1, -0.05) is 64.3 Å². The summed E-state index contributed by atoms with van der Waals surface area (Å²) in [4.78, 5) is 29.6. The van der Waals surface area contributed by atoms with Crippen LogP contribution in [0.5, 0.6) is 0 Å². The van der Waals surface area contributed by atoms with Gasteiger partial charge in [0.25, 0.3) is 0 Å². The lowest BCUT2D eigenvalue weighted by atomic mass is 10.0. The Kier molecular flexibility index (Phi) is 12.8. The number of aryl methyl sites for hydroxylation is 2. The smallest absolute Gasteiger partial charge is 0.244 e. The number of amides is 1. The number of furan rings is 1. The molecule has 12 heteroatoms. The van der Waals surface area contributed by atoms with Gasteiger partial charge in [0, 0.05) is 43.1 Å². The minimum atomic E-state index is -0.948. The van der Waals surface area contributed by atoms with Gasteiger partial charge < -0.3 is 25.6 Å². The molecule has 1 aromatic heterocycles. The molecule has 1 heterocycles. The highest BCUT2D eigenvalue weighted by Gasteiger charge is 2.24. The number of halogens is 3. The van der Waals surface area contributed by atoms with Gasteiger partial charge in [0.1, 0.15) is 22.4 Å². The summed E-state index contributed by atoms with van der Waals surface area (Å²) in [5.74, 6) is 0.00816. The van der Waals surface area contributed by atoms with Gasteiger partial charge in [-0.2, -0.15) is 0 Å². The van der Waals surface area contributed by atoms with Gasteiger partial charge in [-0.05, 0) is 95.6 Å². The van der Waals surface area contributed by atoms with Crippen molar-refractivity contribution in [2.24, 2.45) is 10.9 Å². The number of nitrogens with one attached hydrogen (secondary N) is 2. The number of anilines is 2. The van der Waals surface area contributed by atoms with E-state index in [1.54, 1.807) is 48.9 Å². The maximum Gasteiger partial charge on any atom is 0.244 e. The van der Waals surface area contributed by atoms with Gasteiger partial charge in [-0.15, -0.1) is 0 Å². The number of carbonyl (C=O) groups is 2. The lowest BCUT2D eigenvalue weighted by Gasteiger charge is -2.21. The van der Waals surface area contributed by atoms with Gasteiger partial charge in [-0.25, -0.2) is 0 Å². The van der Waals surface area contributed by atoms with Crippen LogP contribution in [0.25, 0.3) is 0 Å². The first-order chi connectivity index (χ1) is 21.6. The molecule has 1 amide bonds. The molecular weight excluding hydrogens is 667 g/mol. The zero-order valence-corrected chi connectivity index (χ0v) is 29.3. The van der Waals surface area contributed by atoms with Crippen molar-refractivity contribution in [2.75, 3.05) is 10.6 Å². The largest absolute Gasteiger partial charge is 0.469 e. The normalized spacial score (nSPS) is 11.8. The van der Waals surface area contributed by atoms with Gasteiger partial charge in [0.2, 0.25) is 5.91 Å². The molecule has 4 N–H and O–H groups in total. The molecule has 1 unspecified atom stereocenters. The lowest BCUT2D eigenvalue weighted by molar-refractivity contribution is -0.118. The Bertz CT molecular complexity index is 1750. The third-order valence-electron chi connectivity index (χ3n) is 6.30. The molecule has 0 fully saturated rings. The number of nitrogens with two attached hydrogens (primary N) is 1. The maximum absolute atomic E-state index is 11.9. The summed E-state index contributed by atoms with van der Waals surface area (Å²) in [6.07, 6.45) is 3.20. The zero-order chi connectivity index (χ0) is 34.2. The number of ketones is 1. The van der Waals surface area contributed by atoms with Crippen LogP contribution in [0, 0.1) is 13.8 Å². The van der Waals surface area contributed by atoms with Crippen LogP contribution >= 0.6 is 47.0 Å². The van der Waals surface area contributed by atoms with Gasteiger partial charge in [0.15, 0.2) is 5.78 Å². The number of benzene rings is 3. The van der Waals surface area contributed by atoms with Crippen molar-refractivity contribution in [1.29, 1.82) is 0 Å². The SMILES string of the molecule is CC(=O)c1ccc(C)cc1NC(C(N)=O)c1c(Cl)cccc1Cl.Cc1occc1C(=S)Nc1ccc(Cl)c(/C=N/OC(C)(C)C)c1. The van der Waals surface area contributed by atoms with E-state index < -0.39 is 11.9 Å². The number of carbonyl (C=O) groups excluding carboxylic acids is 2. The summed E-state index contributed by atoms with van der Waals surface area (Å²) >= 11 is 23.9. The van der Waals surface area contributed by atoms with E-state index in [0.29, 0.717) is 36.9 Å². The van der Waals surface area contributed by atoms with E-state index in [1.807, 2.05) is 58.9 Å². The molecule has 0 bridgehead atoms. The average Bonchev–Trinajstić information content (AvgIpc) is 3.39. The molecule has 46 heavy (non-hydrogen) atoms. The molecule has 0 aliphatic carbocycles. The first kappa shape index (κ1) is 36.6. The molecule has 0 spiro atoms. The van der Waals surface area contributed by atoms with Crippen LogP contribution in [0.2, 0.25) is 15.1 Å². The number of rotatable bonds is 9. The summed E-state index contributed by atoms with van der Waals surface area (Å²) < 4.78 is 5.26. The second kappa shape index (κ2) is 16.1. The molecule has 0 saturated heterocycles. The van der Waals surface area contributed by atoms with Crippen LogP contribution in [-0.4, -0.2) is 28.5 Å². The Morgan fingerprint density at radius 2 is 1.65 bits per heavy atom. The van der Waals surface area contributed by atoms with Crippen LogP contribution in [-0.2, 0) is 9.63 Å². The topological polar surface area (TPSA) is 119 Å². The number of nitrogens with zero attached hydrogens (tertiary/aromatic N) is 1. The van der Waals surface area contributed by atoms with Crippen molar-refractivity contribution in [1.82, 2.24) is 0 Å². The second-order valence-electron chi connectivity index (χ2n) is 11.2. The highest BCUT2D eigenvalue weighted by molar-refractivity contribution is 7.81. The van der Waals surface area contributed by atoms with Crippen molar-refractivity contribution >= 4 is 81.3 Å². The Morgan fingerprint density at radius 1 is 0.978 bits per heavy atom. The molecule has 4 rings (SSSR count). The average molecular weight is 702 g/mol. The van der Waals surface area contributed by atoms with E-state index in [-0.39, 0.29) is 11.4 Å². The molecule has 8 nitrogen and oxygen atoms in total. The lowest BCUT2D eigenvalue weighted by Crippen LogP contribution is -2.29. The molecule has 4 aromatic rings. The number of oxime groups is 1. The van der Waals surface area contributed by atoms with E-state index in [0.717, 1.165) is 28.1 Å². The van der Waals surface area contributed by atoms with Crippen molar-refractivity contribution in [3.8, 4) is 0 Å². The predicted molar refractivity (Wildman–Crippen MR) is 192 cm³/mol. The van der Waals surface area contributed by atoms with E-state index in [9.17, 15) is 9.59 Å². The van der Waals surface area contributed by atoms with Crippen molar-refractivity contribution in [3.63, 3.8) is 0 Å². The standard InChI is InChI=1S/C17H16Cl2N2O2.C17H19ClN2O2S/c1-9-6-7-11(10(2)22)14(8-9)21-16(17(20)23)15-12(18)4-3-5-13(15)19;1-11-14(7-8-21-11)16(23)20-13-5-6-15(18)12(9-13)10-19-22-17(2,3)4/h3-8,16,21H,1-2H3,(H2,20,23);5-10H,1-4H3,(H,20,23)/b;19-10+. The molecule has 0 aliphatic rings. The molecular formula is C34H35Cl3N4O4S. The number of thiocarbonyl (C=S) groups is 1. The number of primary amides is 1. The molecule has 1 atom stereocenters. The van der Waals surface area contributed by atoms with E-state index in [2.05, 4.69) is 15.8 Å². The summed E-state index contributed by atoms with van der Waals surface area (Å²) in [5.41, 5.74) is 9.89. The van der Waals surface area contributed by atoms with Gasteiger partial charge >= 0.3 is 0 Å². The fourth-order valence-corrected chi connectivity index (χ4v) is 5.20. The number of Topliss-reactive ketones (excluding diaryl/α,β-unsaturated/α-hetero) is 1. The van der Waals surface area contributed by atoms with Crippen molar-refractivity contribution in [2.45, 2.75) is 53.2 Å². The summed E-state index contributed by atoms with van der Waals surface area (Å²) in [5, 5.41) is 11.4. The molecule has 242 valence electrons. The van der Waals surface area contributed by atoms with Crippen LogP contribution in [0.1, 0.15) is 72.1 Å². The fraction of sp³-hybridized carbons (Fsp3) is 0.235. The Hall–Kier alpha value is -3.89. The molecule has 0 radical (unpaired) electrons. The number of hydrogen-bond donors (Lipinski definition) is 3. The third-order valence-corrected chi connectivity index (χ3v) is 7.63. The Morgan fingerprint density at radius 3 is 2.22 bits per heavy atom. The highest BCUT2D eigenvalue weighted by atomic mass is 35.5. The van der Waals surface area contributed by atoms with Crippen molar-refractivity contribution < 1.29 is 18.8 Å². The van der Waals surface area contributed by atoms with Crippen LogP contribution in [0.15, 0.2) is 76.5 Å². The first-order valence-corrected chi connectivity index (χ1v) is 15.6. The predicted octanol–water partition coefficient (Wildman–Crippen LogP) is 9.32. The van der Waals surface area contributed by atoms with Gasteiger partial charge in [0.05, 0.1) is 18.0 Å². The van der Waals surface area contributed by atoms with Crippen molar-refractivity contribution in [3.05, 3.63) is 116 Å². The van der Waals surface area contributed by atoms with Crippen LogP contribution < -0.4 is 16.4 Å². The zero-order valence-electron chi connectivity index (χ0n) is 26.2. The molecule has 0 aliphatic heterocycles. The van der Waals surface area contributed by atoms with Crippen LogP contribution in [0.3, 0.4) is 0 Å². The Labute approximate surface area is 289 Å². The van der Waals surface area contributed by atoms with E-state index in [4.69, 9.17) is 62.0 Å². The summed E-state index contributed by atoms with van der Waals surface area (Å²) in [6.45, 7) is 11.0. The van der Waals surface area contributed by atoms with E-state index >= 15 is 0 Å². The summed E-state index contributed by atoms with van der Waals surface area (Å²) in [6, 6.07) is 16.6. The monoisotopic (exact) mass is 700 g/mol. The Balaban J connectivity index is 0.000000250. The number of hydrogen-bond acceptors (Lipinski definition) is 7.